The number of sulfonamides is 1. The summed E-state index contributed by atoms with van der Waals surface area (Å²) < 4.78 is 43.9. The van der Waals surface area contributed by atoms with Gasteiger partial charge in [0.05, 0.1) is 15.9 Å². The molecule has 0 fully saturated rings. The predicted molar refractivity (Wildman–Crippen MR) is 112 cm³/mol. The number of hydrogen-bond donors (Lipinski definition) is 1. The van der Waals surface area contributed by atoms with Gasteiger partial charge in [0.1, 0.15) is 5.82 Å². The number of aromatic nitrogens is 2. The molecule has 10 heteroatoms. The smallest absolute Gasteiger partial charge is 0.263 e. The molecule has 0 saturated heterocycles. The van der Waals surface area contributed by atoms with E-state index in [0.717, 1.165) is 0 Å². The van der Waals surface area contributed by atoms with Crippen molar-refractivity contribution in [3.8, 4) is 0 Å². The standard InChI is InChI=1S/C18H15BrCl2FN3O2S/c1-10-7-17(11(2)6-15(10)21)28(26,27)24-18-13(19)9-25(23-18)8-12-14(20)4-3-5-16(12)22/h3-7,9H,8H2,1-2H3,(H,23,24). The molecule has 1 N–H and O–H groups in total. The fourth-order valence-corrected chi connectivity index (χ4v) is 4.94. The highest BCUT2D eigenvalue weighted by atomic mass is 79.9. The molecule has 3 rings (SSSR count). The molecule has 28 heavy (non-hydrogen) atoms. The molecular formula is C18H15BrCl2FN3O2S. The van der Waals surface area contributed by atoms with Gasteiger partial charge in [0.25, 0.3) is 10.0 Å². The largest absolute Gasteiger partial charge is 0.265 e. The highest BCUT2D eigenvalue weighted by molar-refractivity contribution is 9.10. The van der Waals surface area contributed by atoms with E-state index in [-0.39, 0.29) is 27.8 Å². The zero-order valence-electron chi connectivity index (χ0n) is 14.8. The quantitative estimate of drug-likeness (QED) is 0.492. The van der Waals surface area contributed by atoms with E-state index in [4.69, 9.17) is 23.2 Å². The fourth-order valence-electron chi connectivity index (χ4n) is 2.62. The second kappa shape index (κ2) is 8.02. The highest BCUT2D eigenvalue weighted by Gasteiger charge is 2.21. The van der Waals surface area contributed by atoms with Crippen LogP contribution in [0.1, 0.15) is 16.7 Å². The Morgan fingerprint density at radius 1 is 1.18 bits per heavy atom. The summed E-state index contributed by atoms with van der Waals surface area (Å²) >= 11 is 15.4. The lowest BCUT2D eigenvalue weighted by atomic mass is 10.2. The summed E-state index contributed by atoms with van der Waals surface area (Å²) in [7, 11) is -3.90. The Labute approximate surface area is 180 Å². The second-order valence-corrected chi connectivity index (χ2v) is 9.52. The van der Waals surface area contributed by atoms with Crippen LogP contribution in [-0.2, 0) is 16.6 Å². The Morgan fingerprint density at radius 3 is 2.57 bits per heavy atom. The highest BCUT2D eigenvalue weighted by Crippen LogP contribution is 2.28. The van der Waals surface area contributed by atoms with E-state index in [9.17, 15) is 12.8 Å². The van der Waals surface area contributed by atoms with Crippen molar-refractivity contribution in [2.45, 2.75) is 25.3 Å². The van der Waals surface area contributed by atoms with Gasteiger partial charge in [-0.2, -0.15) is 5.10 Å². The van der Waals surface area contributed by atoms with Crippen LogP contribution in [0.3, 0.4) is 0 Å². The molecule has 1 heterocycles. The van der Waals surface area contributed by atoms with E-state index >= 15 is 0 Å². The first-order valence-electron chi connectivity index (χ1n) is 8.04. The molecule has 0 unspecified atom stereocenters. The van der Waals surface area contributed by atoms with Gasteiger partial charge in [0.2, 0.25) is 0 Å². The Morgan fingerprint density at radius 2 is 1.89 bits per heavy atom. The SMILES string of the molecule is Cc1cc(S(=O)(=O)Nc2nn(Cc3c(F)cccc3Cl)cc2Br)c(C)cc1Cl. The molecule has 0 atom stereocenters. The maximum absolute atomic E-state index is 14.0. The van der Waals surface area contributed by atoms with E-state index in [0.29, 0.717) is 20.6 Å². The number of nitrogens with zero attached hydrogens (tertiary/aromatic N) is 2. The van der Waals surface area contributed by atoms with Gasteiger partial charge >= 0.3 is 0 Å². The minimum Gasteiger partial charge on any atom is -0.265 e. The first kappa shape index (κ1) is 21.1. The molecule has 0 aliphatic rings. The van der Waals surface area contributed by atoms with Crippen molar-refractivity contribution in [2.75, 3.05) is 4.72 Å². The molecule has 0 spiro atoms. The van der Waals surface area contributed by atoms with Gasteiger partial charge in [0, 0.05) is 21.8 Å². The van der Waals surface area contributed by atoms with Crippen molar-refractivity contribution in [3.63, 3.8) is 0 Å². The molecule has 2 aromatic carbocycles. The summed E-state index contributed by atoms with van der Waals surface area (Å²) in [6, 6.07) is 7.49. The molecule has 1 aromatic heterocycles. The van der Waals surface area contributed by atoms with Crippen LogP contribution in [-0.4, -0.2) is 18.2 Å². The van der Waals surface area contributed by atoms with E-state index in [2.05, 4.69) is 25.8 Å². The van der Waals surface area contributed by atoms with Crippen molar-refractivity contribution in [2.24, 2.45) is 0 Å². The minimum absolute atomic E-state index is 0.0465. The Hall–Kier alpha value is -1.61. The number of hydrogen-bond acceptors (Lipinski definition) is 3. The molecule has 148 valence electrons. The number of rotatable bonds is 5. The summed E-state index contributed by atoms with van der Waals surface area (Å²) in [6.45, 7) is 3.43. The van der Waals surface area contributed by atoms with Crippen LogP contribution in [0.5, 0.6) is 0 Å². The zero-order chi connectivity index (χ0) is 20.6. The van der Waals surface area contributed by atoms with Gasteiger partial charge in [-0.1, -0.05) is 29.3 Å². The normalized spacial score (nSPS) is 11.6. The van der Waals surface area contributed by atoms with E-state index in [1.54, 1.807) is 32.2 Å². The number of anilines is 1. The third kappa shape index (κ3) is 4.35. The van der Waals surface area contributed by atoms with E-state index < -0.39 is 15.8 Å². The predicted octanol–water partition coefficient (Wildman–Crippen LogP) is 5.56. The topological polar surface area (TPSA) is 64.0 Å². The molecule has 0 radical (unpaired) electrons. The van der Waals surface area contributed by atoms with Crippen molar-refractivity contribution >= 4 is 55.0 Å². The Bertz CT molecular complexity index is 1150. The van der Waals surface area contributed by atoms with Gasteiger partial charge in [-0.15, -0.1) is 0 Å². The molecule has 0 amide bonds. The number of halogens is 4. The molecular weight excluding hydrogens is 492 g/mol. The average molecular weight is 507 g/mol. The number of aryl methyl sites for hydroxylation is 2. The molecule has 3 aromatic rings. The lowest BCUT2D eigenvalue weighted by Crippen LogP contribution is -2.15. The first-order valence-corrected chi connectivity index (χ1v) is 11.1. The van der Waals surface area contributed by atoms with Crippen LogP contribution in [0.2, 0.25) is 10.0 Å². The van der Waals surface area contributed by atoms with Gasteiger partial charge in [-0.3, -0.25) is 9.40 Å². The summed E-state index contributed by atoms with van der Waals surface area (Å²) in [5.41, 5.74) is 1.42. The maximum Gasteiger partial charge on any atom is 0.263 e. The van der Waals surface area contributed by atoms with Crippen molar-refractivity contribution in [1.29, 1.82) is 0 Å². The maximum atomic E-state index is 14.0. The van der Waals surface area contributed by atoms with Crippen molar-refractivity contribution in [3.05, 3.63) is 73.6 Å². The molecule has 0 aliphatic heterocycles. The molecule has 5 nitrogen and oxygen atoms in total. The van der Waals surface area contributed by atoms with E-state index in [1.165, 1.54) is 22.9 Å². The van der Waals surface area contributed by atoms with Gasteiger partial charge in [0.15, 0.2) is 5.82 Å². The van der Waals surface area contributed by atoms with Crippen LogP contribution < -0.4 is 4.72 Å². The third-order valence-corrected chi connectivity index (χ3v) is 6.90. The fraction of sp³-hybridized carbons (Fsp3) is 0.167. The Balaban J connectivity index is 1.91. The summed E-state index contributed by atoms with van der Waals surface area (Å²) in [5, 5.41) is 4.95. The van der Waals surface area contributed by atoms with Crippen LogP contribution in [0.15, 0.2) is 45.9 Å². The van der Waals surface area contributed by atoms with Crippen molar-refractivity contribution in [1.82, 2.24) is 9.78 Å². The summed E-state index contributed by atoms with van der Waals surface area (Å²) in [5.74, 6) is -0.381. The lowest BCUT2D eigenvalue weighted by Gasteiger charge is -2.11. The number of nitrogens with one attached hydrogen (secondary N) is 1. The first-order chi connectivity index (χ1) is 13.1. The van der Waals surface area contributed by atoms with Gasteiger partial charge in [-0.05, 0) is 65.2 Å². The lowest BCUT2D eigenvalue weighted by molar-refractivity contribution is 0.585. The van der Waals surface area contributed by atoms with Gasteiger partial charge in [-0.25, -0.2) is 12.8 Å². The van der Waals surface area contributed by atoms with Gasteiger partial charge < -0.3 is 0 Å². The second-order valence-electron chi connectivity index (χ2n) is 6.20. The minimum atomic E-state index is -3.90. The number of benzene rings is 2. The average Bonchev–Trinajstić information content (AvgIpc) is 2.93. The van der Waals surface area contributed by atoms with Crippen molar-refractivity contribution < 1.29 is 12.8 Å². The monoisotopic (exact) mass is 505 g/mol. The zero-order valence-corrected chi connectivity index (χ0v) is 18.7. The van der Waals surface area contributed by atoms with Crippen LogP contribution in [0.25, 0.3) is 0 Å². The summed E-state index contributed by atoms with van der Waals surface area (Å²) in [6.07, 6.45) is 1.54. The Kier molecular flexibility index (Phi) is 6.05. The molecule has 0 bridgehead atoms. The molecule has 0 aliphatic carbocycles. The molecule has 0 saturated carbocycles. The van der Waals surface area contributed by atoms with Crippen LogP contribution in [0.4, 0.5) is 10.2 Å². The van der Waals surface area contributed by atoms with Crippen LogP contribution in [0, 0.1) is 19.7 Å². The summed E-state index contributed by atoms with van der Waals surface area (Å²) in [4.78, 5) is 0.105. The van der Waals surface area contributed by atoms with Crippen LogP contribution >= 0.6 is 39.1 Å². The third-order valence-electron chi connectivity index (χ3n) is 4.08. The van der Waals surface area contributed by atoms with E-state index in [1.807, 2.05) is 0 Å².